The predicted octanol–water partition coefficient (Wildman–Crippen LogP) is 11.2. The summed E-state index contributed by atoms with van der Waals surface area (Å²) in [4.78, 5) is 47.5. The number of hydrogen-bond acceptors (Lipinski definition) is 11. The van der Waals surface area contributed by atoms with Gasteiger partial charge in [-0.2, -0.15) is 0 Å². The zero-order valence-corrected chi connectivity index (χ0v) is 34.2. The van der Waals surface area contributed by atoms with Gasteiger partial charge in [-0.05, 0) is 140 Å². The summed E-state index contributed by atoms with van der Waals surface area (Å²) >= 11 is 0. The lowest BCUT2D eigenvalue weighted by atomic mass is 10.1. The summed E-state index contributed by atoms with van der Waals surface area (Å²) in [5.41, 5.74) is 3.76. The SMILES string of the molecule is CCCCOc1ccc(C(=O)Oc2ccc(N=Cc3ccc(C(=O)Oc4cccc(C=Nc5ccc(OC(=O)c6ccc(OCCCC)cc6)cc5)c4OC)cc3)cc2)cc1. The molecule has 0 atom stereocenters. The van der Waals surface area contributed by atoms with Gasteiger partial charge < -0.3 is 28.4 Å². The van der Waals surface area contributed by atoms with E-state index in [4.69, 9.17) is 28.4 Å². The van der Waals surface area contributed by atoms with E-state index >= 15 is 0 Å². The van der Waals surface area contributed by atoms with Crippen molar-refractivity contribution in [3.63, 3.8) is 0 Å². The summed E-state index contributed by atoms with van der Waals surface area (Å²) in [7, 11) is 1.49. The summed E-state index contributed by atoms with van der Waals surface area (Å²) in [6.07, 6.45) is 7.28. The fourth-order valence-electron chi connectivity index (χ4n) is 5.67. The first-order valence-electron chi connectivity index (χ1n) is 20.0. The number of rotatable bonds is 19. The van der Waals surface area contributed by atoms with Crippen molar-refractivity contribution in [3.05, 3.63) is 167 Å². The van der Waals surface area contributed by atoms with Crippen LogP contribution < -0.4 is 28.4 Å². The molecule has 0 bridgehead atoms. The third kappa shape index (κ3) is 12.7. The molecule has 0 fully saturated rings. The number of benzene rings is 6. The number of unbranched alkanes of at least 4 members (excludes halogenated alkanes) is 2. The quantitative estimate of drug-likeness (QED) is 0.0339. The van der Waals surface area contributed by atoms with E-state index in [0.29, 0.717) is 75.6 Å². The second-order valence-corrected chi connectivity index (χ2v) is 13.6. The lowest BCUT2D eigenvalue weighted by molar-refractivity contribution is 0.0722. The maximum atomic E-state index is 13.2. The molecule has 6 aromatic carbocycles. The van der Waals surface area contributed by atoms with Crippen molar-refractivity contribution in [1.82, 2.24) is 0 Å². The fraction of sp³-hybridized carbons (Fsp3) is 0.180. The van der Waals surface area contributed by atoms with E-state index in [1.165, 1.54) is 7.11 Å². The van der Waals surface area contributed by atoms with Gasteiger partial charge in [0.1, 0.15) is 23.0 Å². The maximum Gasteiger partial charge on any atom is 0.343 e. The minimum atomic E-state index is -0.571. The van der Waals surface area contributed by atoms with Gasteiger partial charge in [-0.1, -0.05) is 44.9 Å². The van der Waals surface area contributed by atoms with Crippen LogP contribution in [0.5, 0.6) is 34.5 Å². The van der Waals surface area contributed by atoms with E-state index in [-0.39, 0.29) is 5.75 Å². The van der Waals surface area contributed by atoms with Gasteiger partial charge in [-0.15, -0.1) is 0 Å². The van der Waals surface area contributed by atoms with E-state index in [1.54, 1.807) is 152 Å². The summed E-state index contributed by atoms with van der Waals surface area (Å²) in [6, 6.07) is 39.3. The number of hydrogen-bond donors (Lipinski definition) is 0. The smallest absolute Gasteiger partial charge is 0.343 e. The van der Waals surface area contributed by atoms with Crippen LogP contribution in [0, 0.1) is 0 Å². The molecule has 6 aromatic rings. The molecule has 0 spiro atoms. The number of methoxy groups -OCH3 is 1. The first-order chi connectivity index (χ1) is 29.8. The van der Waals surface area contributed by atoms with E-state index in [2.05, 4.69) is 23.8 Å². The van der Waals surface area contributed by atoms with Crippen LogP contribution in [0.3, 0.4) is 0 Å². The van der Waals surface area contributed by atoms with E-state index < -0.39 is 17.9 Å². The van der Waals surface area contributed by atoms with Gasteiger partial charge >= 0.3 is 17.9 Å². The molecule has 0 N–H and O–H groups in total. The largest absolute Gasteiger partial charge is 0.494 e. The molecule has 310 valence electrons. The van der Waals surface area contributed by atoms with Gasteiger partial charge in [0, 0.05) is 18.0 Å². The van der Waals surface area contributed by atoms with Crippen LogP contribution in [-0.4, -0.2) is 50.7 Å². The third-order valence-corrected chi connectivity index (χ3v) is 9.09. The summed E-state index contributed by atoms with van der Waals surface area (Å²) in [5.74, 6) is 1.22. The van der Waals surface area contributed by atoms with Crippen molar-refractivity contribution in [2.45, 2.75) is 39.5 Å². The van der Waals surface area contributed by atoms with Gasteiger partial charge in [-0.3, -0.25) is 9.98 Å². The van der Waals surface area contributed by atoms with Crippen molar-refractivity contribution in [3.8, 4) is 34.5 Å². The molecular formula is C50H46N2O9. The first kappa shape index (κ1) is 43.1. The molecule has 0 heterocycles. The monoisotopic (exact) mass is 818 g/mol. The minimum Gasteiger partial charge on any atom is -0.494 e. The first-order valence-corrected chi connectivity index (χ1v) is 20.0. The van der Waals surface area contributed by atoms with Crippen molar-refractivity contribution in [2.24, 2.45) is 9.98 Å². The summed E-state index contributed by atoms with van der Waals surface area (Å²) in [5, 5.41) is 0. The number of nitrogens with zero attached hydrogens (tertiary/aromatic N) is 2. The van der Waals surface area contributed by atoms with Gasteiger partial charge in [0.25, 0.3) is 0 Å². The highest BCUT2D eigenvalue weighted by molar-refractivity contribution is 5.94. The van der Waals surface area contributed by atoms with E-state index in [0.717, 1.165) is 31.2 Å². The zero-order chi connectivity index (χ0) is 42.8. The van der Waals surface area contributed by atoms with Gasteiger partial charge in [-0.25, -0.2) is 14.4 Å². The topological polar surface area (TPSA) is 131 Å². The van der Waals surface area contributed by atoms with Crippen LogP contribution in [0.1, 0.15) is 81.7 Å². The Morgan fingerprint density at radius 3 is 1.38 bits per heavy atom. The fourth-order valence-corrected chi connectivity index (χ4v) is 5.67. The maximum absolute atomic E-state index is 13.2. The molecule has 0 saturated carbocycles. The molecule has 6 rings (SSSR count). The summed E-state index contributed by atoms with van der Waals surface area (Å²) < 4.78 is 33.7. The van der Waals surface area contributed by atoms with Crippen LogP contribution >= 0.6 is 0 Å². The Bertz CT molecular complexity index is 2430. The second-order valence-electron chi connectivity index (χ2n) is 13.6. The Hall–Kier alpha value is -7.53. The van der Waals surface area contributed by atoms with Crippen molar-refractivity contribution in [2.75, 3.05) is 20.3 Å². The molecule has 0 saturated heterocycles. The molecule has 11 nitrogen and oxygen atoms in total. The molecule has 0 amide bonds. The Kier molecular flexibility index (Phi) is 15.5. The number of carbonyl (C=O) groups is 3. The Morgan fingerprint density at radius 1 is 0.492 bits per heavy atom. The normalized spacial score (nSPS) is 11.0. The second kappa shape index (κ2) is 22.0. The van der Waals surface area contributed by atoms with Crippen LogP contribution in [0.2, 0.25) is 0 Å². The van der Waals surface area contributed by atoms with Crippen LogP contribution in [0.15, 0.2) is 150 Å². The molecule has 0 aliphatic rings. The highest BCUT2D eigenvalue weighted by Crippen LogP contribution is 2.31. The lowest BCUT2D eigenvalue weighted by Gasteiger charge is -2.11. The van der Waals surface area contributed by atoms with Crippen LogP contribution in [-0.2, 0) is 0 Å². The molecule has 0 aromatic heterocycles. The highest BCUT2D eigenvalue weighted by atomic mass is 16.6. The molecule has 0 radical (unpaired) electrons. The Labute approximate surface area is 355 Å². The van der Waals surface area contributed by atoms with Crippen molar-refractivity contribution in [1.29, 1.82) is 0 Å². The average molecular weight is 819 g/mol. The molecule has 0 aliphatic heterocycles. The molecule has 0 unspecified atom stereocenters. The number of ether oxygens (including phenoxy) is 6. The standard InChI is InChI=1S/C50H46N2O9/c1-4-6-31-57-42-23-15-37(16-24-42)48(53)59-44-27-19-40(20-28-44)51-33-35-11-13-36(14-12-35)50(55)61-46-10-8-9-39(47(46)56-3)34-52-41-21-29-45(30-22-41)60-49(54)38-17-25-43(26-18-38)58-32-7-5-2/h8-30,33-34H,4-7,31-32H2,1-3H3. The van der Waals surface area contributed by atoms with Crippen LogP contribution in [0.4, 0.5) is 11.4 Å². The number of esters is 3. The lowest BCUT2D eigenvalue weighted by Crippen LogP contribution is -2.10. The molecule has 11 heteroatoms. The van der Waals surface area contributed by atoms with Crippen molar-refractivity contribution >= 4 is 41.7 Å². The van der Waals surface area contributed by atoms with Gasteiger partial charge in [0.15, 0.2) is 11.5 Å². The van der Waals surface area contributed by atoms with Crippen molar-refractivity contribution < 1.29 is 42.8 Å². The third-order valence-electron chi connectivity index (χ3n) is 9.09. The van der Waals surface area contributed by atoms with Gasteiger partial charge in [0.2, 0.25) is 0 Å². The minimum absolute atomic E-state index is 0.226. The Morgan fingerprint density at radius 2 is 0.918 bits per heavy atom. The highest BCUT2D eigenvalue weighted by Gasteiger charge is 2.16. The zero-order valence-electron chi connectivity index (χ0n) is 34.2. The summed E-state index contributed by atoms with van der Waals surface area (Å²) in [6.45, 7) is 5.46. The average Bonchev–Trinajstić information content (AvgIpc) is 3.29. The van der Waals surface area contributed by atoms with E-state index in [1.807, 2.05) is 0 Å². The molecule has 0 aliphatic carbocycles. The number of para-hydroxylation sites is 1. The van der Waals surface area contributed by atoms with Gasteiger partial charge in [0.05, 0.1) is 48.4 Å². The molecule has 61 heavy (non-hydrogen) atoms. The number of carbonyl (C=O) groups excluding carboxylic acids is 3. The number of aliphatic imine (C=N–C) groups is 2. The van der Waals surface area contributed by atoms with Crippen LogP contribution in [0.25, 0.3) is 0 Å². The molecular weight excluding hydrogens is 773 g/mol. The Balaban J connectivity index is 0.993. The predicted molar refractivity (Wildman–Crippen MR) is 235 cm³/mol. The van der Waals surface area contributed by atoms with E-state index in [9.17, 15) is 14.4 Å².